The summed E-state index contributed by atoms with van der Waals surface area (Å²) in [5, 5.41) is 0. The fourth-order valence-corrected chi connectivity index (χ4v) is 1.32. The minimum atomic E-state index is -1.43. The van der Waals surface area contributed by atoms with Gasteiger partial charge in [0.05, 0.1) is 0 Å². The molecular formula is C9H15FO. The van der Waals surface area contributed by atoms with Crippen molar-refractivity contribution < 1.29 is 9.18 Å². The first-order valence-electron chi connectivity index (χ1n) is 4.27. The monoisotopic (exact) mass is 158 g/mol. The molecule has 0 bridgehead atoms. The molecule has 0 amide bonds. The molecule has 0 radical (unpaired) electrons. The van der Waals surface area contributed by atoms with Gasteiger partial charge in [-0.3, -0.25) is 4.79 Å². The third kappa shape index (κ3) is 1.79. The SMILES string of the molecule is CC(C)CC(=O)C1(F)CCC1. The minimum absolute atomic E-state index is 0.182. The molecule has 2 heteroatoms. The molecule has 0 heterocycles. The van der Waals surface area contributed by atoms with Gasteiger partial charge in [0.2, 0.25) is 0 Å². The Kier molecular flexibility index (Phi) is 2.31. The second-order valence-corrected chi connectivity index (χ2v) is 3.84. The zero-order chi connectivity index (χ0) is 8.48. The third-order valence-electron chi connectivity index (χ3n) is 2.24. The number of rotatable bonds is 3. The van der Waals surface area contributed by atoms with Gasteiger partial charge in [0.15, 0.2) is 11.5 Å². The highest BCUT2D eigenvalue weighted by molar-refractivity contribution is 5.88. The first kappa shape index (κ1) is 8.69. The molecule has 0 aliphatic heterocycles. The van der Waals surface area contributed by atoms with Crippen molar-refractivity contribution in [2.75, 3.05) is 0 Å². The molecule has 1 rings (SSSR count). The molecule has 0 atom stereocenters. The van der Waals surface area contributed by atoms with E-state index < -0.39 is 5.67 Å². The smallest absolute Gasteiger partial charge is 0.170 e. The fourth-order valence-electron chi connectivity index (χ4n) is 1.32. The Morgan fingerprint density at radius 2 is 2.09 bits per heavy atom. The highest BCUT2D eigenvalue weighted by Crippen LogP contribution is 2.37. The second-order valence-electron chi connectivity index (χ2n) is 3.84. The molecule has 0 aromatic heterocycles. The quantitative estimate of drug-likeness (QED) is 0.616. The molecule has 0 spiro atoms. The van der Waals surface area contributed by atoms with E-state index in [0.29, 0.717) is 19.3 Å². The van der Waals surface area contributed by atoms with Crippen LogP contribution in [0.5, 0.6) is 0 Å². The topological polar surface area (TPSA) is 17.1 Å². The number of carbonyl (C=O) groups is 1. The van der Waals surface area contributed by atoms with E-state index in [-0.39, 0.29) is 11.7 Å². The summed E-state index contributed by atoms with van der Waals surface area (Å²) in [6.45, 7) is 3.89. The van der Waals surface area contributed by atoms with Crippen molar-refractivity contribution >= 4 is 5.78 Å². The highest BCUT2D eigenvalue weighted by atomic mass is 19.1. The van der Waals surface area contributed by atoms with E-state index >= 15 is 0 Å². The van der Waals surface area contributed by atoms with Crippen LogP contribution < -0.4 is 0 Å². The molecule has 1 aliphatic carbocycles. The number of ketones is 1. The summed E-state index contributed by atoms with van der Waals surface area (Å²) in [6, 6.07) is 0. The minimum Gasteiger partial charge on any atom is -0.296 e. The summed E-state index contributed by atoms with van der Waals surface area (Å²) in [4.78, 5) is 11.2. The molecule has 1 fully saturated rings. The standard InChI is InChI=1S/C9H15FO/c1-7(2)6-8(11)9(10)4-3-5-9/h7H,3-6H2,1-2H3. The molecule has 0 unspecified atom stereocenters. The summed E-state index contributed by atoms with van der Waals surface area (Å²) in [7, 11) is 0. The van der Waals surface area contributed by atoms with E-state index in [1.165, 1.54) is 0 Å². The Labute approximate surface area is 67.0 Å². The molecule has 0 N–H and O–H groups in total. The number of halogens is 1. The van der Waals surface area contributed by atoms with Crippen LogP contribution in [0.15, 0.2) is 0 Å². The van der Waals surface area contributed by atoms with Gasteiger partial charge < -0.3 is 0 Å². The first-order valence-corrected chi connectivity index (χ1v) is 4.27. The predicted octanol–water partition coefficient (Wildman–Crippen LogP) is 2.49. The predicted molar refractivity (Wildman–Crippen MR) is 42.2 cm³/mol. The molecule has 0 aromatic rings. The summed E-state index contributed by atoms with van der Waals surface area (Å²) in [6.07, 6.45) is 2.19. The maximum Gasteiger partial charge on any atom is 0.170 e. The van der Waals surface area contributed by atoms with Crippen LogP contribution in [-0.2, 0) is 4.79 Å². The van der Waals surface area contributed by atoms with Gasteiger partial charge in [0, 0.05) is 6.42 Å². The average molecular weight is 158 g/mol. The Morgan fingerprint density at radius 1 is 1.55 bits per heavy atom. The number of carbonyl (C=O) groups excluding carboxylic acids is 1. The molecule has 0 saturated heterocycles. The molecule has 1 aliphatic rings. The van der Waals surface area contributed by atoms with Gasteiger partial charge in [-0.15, -0.1) is 0 Å². The van der Waals surface area contributed by atoms with Gasteiger partial charge in [-0.1, -0.05) is 13.8 Å². The molecule has 1 saturated carbocycles. The van der Waals surface area contributed by atoms with Crippen LogP contribution >= 0.6 is 0 Å². The molecule has 11 heavy (non-hydrogen) atoms. The van der Waals surface area contributed by atoms with Gasteiger partial charge in [0.25, 0.3) is 0 Å². The zero-order valence-electron chi connectivity index (χ0n) is 7.19. The first-order chi connectivity index (χ1) is 5.04. The summed E-state index contributed by atoms with van der Waals surface area (Å²) in [5.41, 5.74) is -1.43. The van der Waals surface area contributed by atoms with E-state index in [0.717, 1.165) is 6.42 Å². The van der Waals surface area contributed by atoms with Gasteiger partial charge in [-0.05, 0) is 25.2 Å². The summed E-state index contributed by atoms with van der Waals surface area (Å²) >= 11 is 0. The van der Waals surface area contributed by atoms with Gasteiger partial charge >= 0.3 is 0 Å². The van der Waals surface area contributed by atoms with Crippen LogP contribution in [0, 0.1) is 5.92 Å². The van der Waals surface area contributed by atoms with E-state index in [2.05, 4.69) is 0 Å². The van der Waals surface area contributed by atoms with Crippen LogP contribution in [0.2, 0.25) is 0 Å². The van der Waals surface area contributed by atoms with Crippen molar-refractivity contribution in [2.24, 2.45) is 5.92 Å². The lowest BCUT2D eigenvalue weighted by molar-refractivity contribution is -0.136. The van der Waals surface area contributed by atoms with Gasteiger partial charge in [-0.2, -0.15) is 0 Å². The normalized spacial score (nSPS) is 21.5. The Balaban J connectivity index is 2.40. The maximum absolute atomic E-state index is 13.3. The van der Waals surface area contributed by atoms with E-state index in [1.807, 2.05) is 13.8 Å². The Morgan fingerprint density at radius 3 is 2.36 bits per heavy atom. The van der Waals surface area contributed by atoms with Crippen molar-refractivity contribution in [3.05, 3.63) is 0 Å². The lowest BCUT2D eigenvalue weighted by atomic mass is 9.77. The molecule has 0 aromatic carbocycles. The van der Waals surface area contributed by atoms with Crippen LogP contribution in [0.1, 0.15) is 39.5 Å². The lowest BCUT2D eigenvalue weighted by Gasteiger charge is -2.32. The van der Waals surface area contributed by atoms with Crippen molar-refractivity contribution in [3.8, 4) is 0 Å². The number of hydrogen-bond donors (Lipinski definition) is 0. The van der Waals surface area contributed by atoms with Crippen molar-refractivity contribution in [1.82, 2.24) is 0 Å². The van der Waals surface area contributed by atoms with Crippen molar-refractivity contribution in [2.45, 2.75) is 45.2 Å². The fraction of sp³-hybridized carbons (Fsp3) is 0.889. The van der Waals surface area contributed by atoms with E-state index in [9.17, 15) is 9.18 Å². The van der Waals surface area contributed by atoms with Crippen molar-refractivity contribution in [3.63, 3.8) is 0 Å². The lowest BCUT2D eigenvalue weighted by Crippen LogP contribution is -2.41. The molecule has 1 nitrogen and oxygen atoms in total. The maximum atomic E-state index is 13.3. The number of hydrogen-bond acceptors (Lipinski definition) is 1. The average Bonchev–Trinajstić information content (AvgIpc) is 1.81. The highest BCUT2D eigenvalue weighted by Gasteiger charge is 2.43. The van der Waals surface area contributed by atoms with Gasteiger partial charge in [0.1, 0.15) is 0 Å². The molecule has 64 valence electrons. The Bertz CT molecular complexity index is 159. The third-order valence-corrected chi connectivity index (χ3v) is 2.24. The molecular weight excluding hydrogens is 143 g/mol. The van der Waals surface area contributed by atoms with E-state index in [4.69, 9.17) is 0 Å². The second kappa shape index (κ2) is 2.92. The Hall–Kier alpha value is -0.400. The number of Topliss-reactive ketones (excluding diaryl/α,β-unsaturated/α-hetero) is 1. The van der Waals surface area contributed by atoms with Crippen LogP contribution in [-0.4, -0.2) is 11.5 Å². The summed E-state index contributed by atoms with van der Waals surface area (Å²) in [5.74, 6) is 0.106. The van der Waals surface area contributed by atoms with Crippen molar-refractivity contribution in [1.29, 1.82) is 0 Å². The van der Waals surface area contributed by atoms with Crippen LogP contribution in [0.25, 0.3) is 0 Å². The summed E-state index contributed by atoms with van der Waals surface area (Å²) < 4.78 is 13.3. The van der Waals surface area contributed by atoms with E-state index in [1.54, 1.807) is 0 Å². The van der Waals surface area contributed by atoms with Gasteiger partial charge in [-0.25, -0.2) is 4.39 Å². The largest absolute Gasteiger partial charge is 0.296 e. The van der Waals surface area contributed by atoms with Crippen LogP contribution in [0.4, 0.5) is 4.39 Å². The number of alkyl halides is 1. The van der Waals surface area contributed by atoms with Crippen LogP contribution in [0.3, 0.4) is 0 Å². The zero-order valence-corrected chi connectivity index (χ0v) is 7.19.